The number of hydrogen-bond acceptors (Lipinski definition) is 8. The Morgan fingerprint density at radius 2 is 1.38 bits per heavy atom. The maximum absolute atomic E-state index is 13.9. The SMILES string of the molecule is COc1ccc(CN(Cc2ccc(OC)cc2)S(=O)(=O)c2cc(OCCCCO)cc([N+](=O)[O-])c2)cc1. The van der Waals surface area contributed by atoms with E-state index in [-0.39, 0.29) is 36.9 Å². The standard InChI is InChI=1S/C26H30N2O8S/c1-34-23-9-5-20(6-10-23)18-27(19-21-7-11-24(35-2)12-8-21)37(32,33)26-16-22(28(30)31)15-25(17-26)36-14-4-3-13-29/h5-12,15-17,29H,3-4,13-14,18-19H2,1-2H3. The second-order valence-electron chi connectivity index (χ2n) is 8.17. The van der Waals surface area contributed by atoms with Crippen LogP contribution in [0.3, 0.4) is 0 Å². The van der Waals surface area contributed by atoms with Crippen molar-refractivity contribution in [2.75, 3.05) is 27.4 Å². The van der Waals surface area contributed by atoms with Crippen molar-refractivity contribution in [3.8, 4) is 17.2 Å². The molecular weight excluding hydrogens is 500 g/mol. The summed E-state index contributed by atoms with van der Waals surface area (Å²) in [5.74, 6) is 1.34. The fourth-order valence-electron chi connectivity index (χ4n) is 3.54. The topological polar surface area (TPSA) is 128 Å². The maximum Gasteiger partial charge on any atom is 0.274 e. The number of aliphatic hydroxyl groups is 1. The number of non-ortho nitro benzene ring substituents is 1. The van der Waals surface area contributed by atoms with Crippen LogP contribution in [0.4, 0.5) is 5.69 Å². The second-order valence-corrected chi connectivity index (χ2v) is 10.1. The number of unbranched alkanes of at least 4 members (excludes halogenated alkanes) is 1. The van der Waals surface area contributed by atoms with E-state index >= 15 is 0 Å². The van der Waals surface area contributed by atoms with Crippen LogP contribution in [0.1, 0.15) is 24.0 Å². The Hall–Kier alpha value is -3.67. The van der Waals surface area contributed by atoms with Gasteiger partial charge in [-0.2, -0.15) is 4.31 Å². The molecular formula is C26H30N2O8S. The van der Waals surface area contributed by atoms with Crippen LogP contribution in [0, 0.1) is 10.1 Å². The van der Waals surface area contributed by atoms with Crippen molar-refractivity contribution in [3.63, 3.8) is 0 Å². The highest BCUT2D eigenvalue weighted by Crippen LogP contribution is 2.30. The van der Waals surface area contributed by atoms with Gasteiger partial charge in [0.15, 0.2) is 0 Å². The molecule has 0 heterocycles. The molecule has 3 rings (SSSR count). The summed E-state index contributed by atoms with van der Waals surface area (Å²) < 4.78 is 44.9. The monoisotopic (exact) mass is 530 g/mol. The molecule has 0 aliphatic rings. The normalized spacial score (nSPS) is 11.4. The number of rotatable bonds is 14. The summed E-state index contributed by atoms with van der Waals surface area (Å²) in [6, 6.07) is 17.5. The minimum atomic E-state index is -4.20. The maximum atomic E-state index is 13.9. The van der Waals surface area contributed by atoms with Crippen LogP contribution in [0.2, 0.25) is 0 Å². The fraction of sp³-hybridized carbons (Fsp3) is 0.308. The second kappa shape index (κ2) is 13.0. The van der Waals surface area contributed by atoms with Gasteiger partial charge in [-0.15, -0.1) is 0 Å². The molecule has 0 unspecified atom stereocenters. The highest BCUT2D eigenvalue weighted by Gasteiger charge is 2.28. The molecule has 0 saturated heterocycles. The number of nitro benzene ring substituents is 1. The summed E-state index contributed by atoms with van der Waals surface area (Å²) in [7, 11) is -1.11. The van der Waals surface area contributed by atoms with Gasteiger partial charge < -0.3 is 19.3 Å². The zero-order valence-electron chi connectivity index (χ0n) is 20.7. The van der Waals surface area contributed by atoms with Gasteiger partial charge in [0.1, 0.15) is 17.2 Å². The number of aliphatic hydroxyl groups excluding tert-OH is 1. The molecule has 0 spiro atoms. The Balaban J connectivity index is 1.99. The molecule has 0 atom stereocenters. The van der Waals surface area contributed by atoms with Crippen molar-refractivity contribution < 1.29 is 32.7 Å². The molecule has 0 amide bonds. The van der Waals surface area contributed by atoms with Crippen molar-refractivity contribution in [3.05, 3.63) is 88.0 Å². The minimum Gasteiger partial charge on any atom is -0.497 e. The molecule has 0 radical (unpaired) electrons. The van der Waals surface area contributed by atoms with Gasteiger partial charge in [0.05, 0.1) is 36.7 Å². The Bertz CT molecular complexity index is 1230. The Morgan fingerprint density at radius 3 is 1.84 bits per heavy atom. The smallest absolute Gasteiger partial charge is 0.274 e. The average molecular weight is 531 g/mol. The van der Waals surface area contributed by atoms with Crippen LogP contribution in [0.25, 0.3) is 0 Å². The summed E-state index contributed by atoms with van der Waals surface area (Å²) in [6.07, 6.45) is 1.01. The predicted octanol–water partition coefficient (Wildman–Crippen LogP) is 4.15. The van der Waals surface area contributed by atoms with Crippen LogP contribution in [0.5, 0.6) is 17.2 Å². The quantitative estimate of drug-likeness (QED) is 0.187. The number of benzene rings is 3. The molecule has 10 nitrogen and oxygen atoms in total. The Morgan fingerprint density at radius 1 is 0.838 bits per heavy atom. The third-order valence-corrected chi connectivity index (χ3v) is 7.34. The first kappa shape index (κ1) is 27.9. The summed E-state index contributed by atoms with van der Waals surface area (Å²) in [5, 5.41) is 20.5. The van der Waals surface area contributed by atoms with Crippen molar-refractivity contribution in [2.45, 2.75) is 30.8 Å². The molecule has 0 fully saturated rings. The first-order valence-electron chi connectivity index (χ1n) is 11.6. The third-order valence-electron chi connectivity index (χ3n) is 5.57. The van der Waals surface area contributed by atoms with Gasteiger partial charge in [-0.1, -0.05) is 24.3 Å². The van der Waals surface area contributed by atoms with E-state index in [0.717, 1.165) is 6.07 Å². The van der Waals surface area contributed by atoms with E-state index in [9.17, 15) is 18.5 Å². The number of hydrogen-bond donors (Lipinski definition) is 1. The lowest BCUT2D eigenvalue weighted by atomic mass is 10.2. The minimum absolute atomic E-state index is 0.0103. The van der Waals surface area contributed by atoms with E-state index in [1.165, 1.54) is 16.4 Å². The van der Waals surface area contributed by atoms with Gasteiger partial charge in [0.2, 0.25) is 10.0 Å². The lowest BCUT2D eigenvalue weighted by Crippen LogP contribution is -2.30. The summed E-state index contributed by atoms with van der Waals surface area (Å²) in [5.41, 5.74) is 1.03. The molecule has 198 valence electrons. The highest BCUT2D eigenvalue weighted by molar-refractivity contribution is 7.89. The van der Waals surface area contributed by atoms with Crippen molar-refractivity contribution in [2.24, 2.45) is 0 Å². The number of nitrogens with zero attached hydrogens (tertiary/aromatic N) is 2. The number of ether oxygens (including phenoxy) is 3. The van der Waals surface area contributed by atoms with E-state index in [1.54, 1.807) is 62.8 Å². The number of nitro groups is 1. The number of methoxy groups -OCH3 is 2. The predicted molar refractivity (Wildman–Crippen MR) is 137 cm³/mol. The molecule has 0 bridgehead atoms. The Kier molecular flexibility index (Phi) is 9.84. The molecule has 1 N–H and O–H groups in total. The van der Waals surface area contributed by atoms with E-state index in [1.807, 2.05) is 0 Å². The van der Waals surface area contributed by atoms with Gasteiger partial charge in [-0.3, -0.25) is 10.1 Å². The Labute approximate surface area is 216 Å². The molecule has 3 aromatic rings. The van der Waals surface area contributed by atoms with Crippen LogP contribution in [-0.2, 0) is 23.1 Å². The van der Waals surface area contributed by atoms with Crippen molar-refractivity contribution in [1.82, 2.24) is 4.31 Å². The van der Waals surface area contributed by atoms with Crippen LogP contribution in [0.15, 0.2) is 71.6 Å². The van der Waals surface area contributed by atoms with Gasteiger partial charge in [0.25, 0.3) is 5.69 Å². The largest absolute Gasteiger partial charge is 0.497 e. The van der Waals surface area contributed by atoms with E-state index in [0.29, 0.717) is 35.5 Å². The lowest BCUT2D eigenvalue weighted by molar-refractivity contribution is -0.385. The molecule has 0 aliphatic heterocycles. The fourth-order valence-corrected chi connectivity index (χ4v) is 5.01. The van der Waals surface area contributed by atoms with E-state index < -0.39 is 20.6 Å². The first-order chi connectivity index (χ1) is 17.8. The van der Waals surface area contributed by atoms with E-state index in [2.05, 4.69) is 0 Å². The third kappa shape index (κ3) is 7.66. The van der Waals surface area contributed by atoms with Crippen LogP contribution < -0.4 is 14.2 Å². The zero-order chi connectivity index (χ0) is 26.8. The molecule has 0 aliphatic carbocycles. The summed E-state index contributed by atoms with van der Waals surface area (Å²) >= 11 is 0. The van der Waals surface area contributed by atoms with E-state index in [4.69, 9.17) is 19.3 Å². The first-order valence-corrected chi connectivity index (χ1v) is 13.0. The summed E-state index contributed by atoms with van der Waals surface area (Å²) in [6.45, 7) is 0.216. The average Bonchev–Trinajstić information content (AvgIpc) is 2.91. The molecule has 0 aromatic heterocycles. The zero-order valence-corrected chi connectivity index (χ0v) is 21.5. The number of sulfonamides is 1. The highest BCUT2D eigenvalue weighted by atomic mass is 32.2. The lowest BCUT2D eigenvalue weighted by Gasteiger charge is -2.23. The molecule has 3 aromatic carbocycles. The van der Waals surface area contributed by atoms with Gasteiger partial charge in [0, 0.05) is 31.8 Å². The van der Waals surface area contributed by atoms with Gasteiger partial charge in [-0.25, -0.2) is 8.42 Å². The van der Waals surface area contributed by atoms with Crippen molar-refractivity contribution in [1.29, 1.82) is 0 Å². The summed E-state index contributed by atoms with van der Waals surface area (Å²) in [4.78, 5) is 10.7. The molecule has 0 saturated carbocycles. The molecule has 37 heavy (non-hydrogen) atoms. The van der Waals surface area contributed by atoms with Crippen LogP contribution in [-0.4, -0.2) is 50.2 Å². The van der Waals surface area contributed by atoms with Crippen LogP contribution >= 0.6 is 0 Å². The van der Waals surface area contributed by atoms with Crippen molar-refractivity contribution >= 4 is 15.7 Å². The van der Waals surface area contributed by atoms with Gasteiger partial charge in [-0.05, 0) is 48.2 Å². The molecule has 11 heteroatoms. The van der Waals surface area contributed by atoms with Gasteiger partial charge >= 0.3 is 0 Å².